The number of thiazole rings is 1. The molecule has 3 rings (SSSR count). The minimum absolute atomic E-state index is 0.0812. The minimum atomic E-state index is -0.345. The maximum Gasteiger partial charge on any atom is 0.290 e. The van der Waals surface area contributed by atoms with Gasteiger partial charge in [0.2, 0.25) is 11.8 Å². The highest BCUT2D eigenvalue weighted by atomic mass is 32.1. The van der Waals surface area contributed by atoms with Crippen molar-refractivity contribution in [3.8, 4) is 0 Å². The Morgan fingerprint density at radius 1 is 1.21 bits per heavy atom. The fraction of sp³-hybridized carbons (Fsp3) is 0.565. The van der Waals surface area contributed by atoms with E-state index in [2.05, 4.69) is 20.5 Å². The fourth-order valence-corrected chi connectivity index (χ4v) is 4.48. The first-order chi connectivity index (χ1) is 15.9. The number of hydrogen-bond acceptors (Lipinski definition) is 7. The first-order valence-electron chi connectivity index (χ1n) is 11.5. The molecule has 10 heteroatoms. The van der Waals surface area contributed by atoms with Gasteiger partial charge in [-0.05, 0) is 44.0 Å². The molecule has 33 heavy (non-hydrogen) atoms. The van der Waals surface area contributed by atoms with Crippen LogP contribution in [0.3, 0.4) is 0 Å². The monoisotopic (exact) mass is 475 g/mol. The summed E-state index contributed by atoms with van der Waals surface area (Å²) in [6, 6.07) is 3.22. The second kappa shape index (κ2) is 12.5. The highest BCUT2D eigenvalue weighted by molar-refractivity contribution is 7.13. The van der Waals surface area contributed by atoms with Crippen LogP contribution in [-0.2, 0) is 16.0 Å². The largest absolute Gasteiger partial charge is 0.459 e. The van der Waals surface area contributed by atoms with Gasteiger partial charge >= 0.3 is 0 Å². The van der Waals surface area contributed by atoms with Crippen LogP contribution in [0.1, 0.15) is 49.4 Å². The Labute approximate surface area is 198 Å². The molecule has 180 valence electrons. The van der Waals surface area contributed by atoms with Crippen LogP contribution in [0, 0.1) is 5.92 Å². The Hall–Kier alpha value is -2.72. The van der Waals surface area contributed by atoms with Gasteiger partial charge < -0.3 is 24.9 Å². The van der Waals surface area contributed by atoms with E-state index in [0.717, 1.165) is 19.6 Å². The van der Waals surface area contributed by atoms with Crippen LogP contribution in [0.4, 0.5) is 5.13 Å². The molecular weight excluding hydrogens is 442 g/mol. The van der Waals surface area contributed by atoms with Gasteiger partial charge in [0.25, 0.3) is 5.91 Å². The lowest BCUT2D eigenvalue weighted by atomic mass is 10.1. The number of rotatable bonds is 11. The second-order valence-corrected chi connectivity index (χ2v) is 9.54. The maximum atomic E-state index is 12.6. The summed E-state index contributed by atoms with van der Waals surface area (Å²) in [5, 5.41) is 7.85. The Kier molecular flexibility index (Phi) is 9.44. The average Bonchev–Trinajstić information content (AvgIpc) is 3.45. The van der Waals surface area contributed by atoms with Crippen molar-refractivity contribution in [3.63, 3.8) is 0 Å². The molecule has 0 atom stereocenters. The van der Waals surface area contributed by atoms with Crippen LogP contribution >= 0.6 is 11.3 Å². The predicted molar refractivity (Wildman–Crippen MR) is 127 cm³/mol. The highest BCUT2D eigenvalue weighted by Crippen LogP contribution is 2.16. The fourth-order valence-electron chi connectivity index (χ4n) is 3.76. The van der Waals surface area contributed by atoms with Crippen LogP contribution in [0.25, 0.3) is 0 Å². The van der Waals surface area contributed by atoms with Gasteiger partial charge in [0.1, 0.15) is 6.54 Å². The van der Waals surface area contributed by atoms with E-state index in [9.17, 15) is 14.4 Å². The molecule has 0 spiro atoms. The van der Waals surface area contributed by atoms with E-state index >= 15 is 0 Å². The molecule has 0 aromatic carbocycles. The van der Waals surface area contributed by atoms with E-state index < -0.39 is 0 Å². The number of hydrogen-bond donors (Lipinski definition) is 2. The first kappa shape index (κ1) is 24.9. The van der Waals surface area contributed by atoms with Crippen molar-refractivity contribution in [1.82, 2.24) is 20.1 Å². The quantitative estimate of drug-likeness (QED) is 0.517. The molecule has 2 N–H and O–H groups in total. The number of carbonyl (C=O) groups is 3. The third-order valence-electron chi connectivity index (χ3n) is 5.28. The molecule has 1 saturated heterocycles. The summed E-state index contributed by atoms with van der Waals surface area (Å²) >= 11 is 1.26. The molecule has 0 saturated carbocycles. The second-order valence-electron chi connectivity index (χ2n) is 8.68. The third kappa shape index (κ3) is 8.29. The molecular formula is C23H33N5O4S. The normalized spacial score (nSPS) is 14.3. The summed E-state index contributed by atoms with van der Waals surface area (Å²) in [5.74, 6) is -0.363. The number of piperidine rings is 1. The van der Waals surface area contributed by atoms with Crippen LogP contribution in [0.5, 0.6) is 0 Å². The maximum absolute atomic E-state index is 12.6. The molecule has 3 heterocycles. The summed E-state index contributed by atoms with van der Waals surface area (Å²) in [5.41, 5.74) is 0.608. The van der Waals surface area contributed by atoms with Crippen molar-refractivity contribution < 1.29 is 18.8 Å². The van der Waals surface area contributed by atoms with E-state index in [1.807, 2.05) is 13.8 Å². The Bertz CT molecular complexity index is 906. The van der Waals surface area contributed by atoms with Crippen molar-refractivity contribution in [2.45, 2.75) is 39.5 Å². The van der Waals surface area contributed by atoms with E-state index in [-0.39, 0.29) is 42.4 Å². The standard InChI is InChI=1S/C23H33N5O4S/c1-17(2)14-28(22(31)19-7-6-12-32-19)15-21(30)26-23-25-18(16-33-23)13-20(29)24-8-11-27-9-4-3-5-10-27/h6-7,12,16-17H,3-5,8-11,13-15H2,1-2H3,(H,24,29)(H,25,26,30). The number of nitrogens with zero attached hydrogens (tertiary/aromatic N) is 3. The minimum Gasteiger partial charge on any atom is -0.459 e. The summed E-state index contributed by atoms with van der Waals surface area (Å²) in [6.45, 7) is 7.97. The topological polar surface area (TPSA) is 108 Å². The number of anilines is 1. The number of carbonyl (C=O) groups excluding carboxylic acids is 3. The van der Waals surface area contributed by atoms with E-state index in [0.29, 0.717) is 23.9 Å². The number of aromatic nitrogens is 1. The van der Waals surface area contributed by atoms with Gasteiger partial charge in [-0.25, -0.2) is 4.98 Å². The SMILES string of the molecule is CC(C)CN(CC(=O)Nc1nc(CC(=O)NCCN2CCCCC2)cs1)C(=O)c1ccco1. The van der Waals surface area contributed by atoms with Gasteiger partial charge in [0.15, 0.2) is 10.9 Å². The molecule has 1 fully saturated rings. The van der Waals surface area contributed by atoms with Gasteiger partial charge in [-0.1, -0.05) is 20.3 Å². The Morgan fingerprint density at radius 2 is 2.00 bits per heavy atom. The molecule has 0 aliphatic carbocycles. The molecule has 0 bridgehead atoms. The average molecular weight is 476 g/mol. The lowest BCUT2D eigenvalue weighted by molar-refractivity contribution is -0.120. The zero-order chi connectivity index (χ0) is 23.6. The lowest BCUT2D eigenvalue weighted by Gasteiger charge is -2.26. The highest BCUT2D eigenvalue weighted by Gasteiger charge is 2.22. The molecule has 1 aliphatic rings. The molecule has 0 unspecified atom stereocenters. The van der Waals surface area contributed by atoms with Gasteiger partial charge in [-0.3, -0.25) is 14.4 Å². The third-order valence-corrected chi connectivity index (χ3v) is 6.08. The predicted octanol–water partition coefficient (Wildman–Crippen LogP) is 2.62. The summed E-state index contributed by atoms with van der Waals surface area (Å²) < 4.78 is 5.19. The van der Waals surface area contributed by atoms with Gasteiger partial charge in [-0.2, -0.15) is 0 Å². The molecule has 9 nitrogen and oxygen atoms in total. The van der Waals surface area contributed by atoms with E-state index in [1.165, 1.54) is 41.8 Å². The number of likely N-dealkylation sites (tertiary alicyclic amines) is 1. The van der Waals surface area contributed by atoms with Crippen LogP contribution in [-0.4, -0.2) is 71.8 Å². The van der Waals surface area contributed by atoms with Crippen molar-refractivity contribution >= 4 is 34.2 Å². The van der Waals surface area contributed by atoms with Gasteiger partial charge in [0, 0.05) is 25.0 Å². The Morgan fingerprint density at radius 3 is 2.70 bits per heavy atom. The van der Waals surface area contributed by atoms with Crippen LogP contribution in [0.2, 0.25) is 0 Å². The van der Waals surface area contributed by atoms with Crippen molar-refractivity contribution in [2.24, 2.45) is 5.92 Å². The zero-order valence-corrected chi connectivity index (χ0v) is 20.2. The van der Waals surface area contributed by atoms with Crippen molar-refractivity contribution in [2.75, 3.05) is 44.6 Å². The summed E-state index contributed by atoms with van der Waals surface area (Å²) in [6.07, 6.45) is 5.35. The molecule has 2 aromatic heterocycles. The van der Waals surface area contributed by atoms with Gasteiger partial charge in [0.05, 0.1) is 18.4 Å². The summed E-state index contributed by atoms with van der Waals surface area (Å²) in [4.78, 5) is 45.6. The Balaban J connectivity index is 1.44. The van der Waals surface area contributed by atoms with Gasteiger partial charge in [-0.15, -0.1) is 11.3 Å². The van der Waals surface area contributed by atoms with Crippen LogP contribution < -0.4 is 10.6 Å². The van der Waals surface area contributed by atoms with Crippen LogP contribution in [0.15, 0.2) is 28.2 Å². The number of nitrogens with one attached hydrogen (secondary N) is 2. The van der Waals surface area contributed by atoms with Crippen molar-refractivity contribution in [1.29, 1.82) is 0 Å². The molecule has 2 aromatic rings. The molecule has 0 radical (unpaired) electrons. The molecule has 1 aliphatic heterocycles. The number of furan rings is 1. The first-order valence-corrected chi connectivity index (χ1v) is 12.3. The lowest BCUT2D eigenvalue weighted by Crippen LogP contribution is -2.40. The zero-order valence-electron chi connectivity index (χ0n) is 19.3. The smallest absolute Gasteiger partial charge is 0.290 e. The van der Waals surface area contributed by atoms with Crippen molar-refractivity contribution in [3.05, 3.63) is 35.2 Å². The summed E-state index contributed by atoms with van der Waals surface area (Å²) in [7, 11) is 0. The molecule has 3 amide bonds. The van der Waals surface area contributed by atoms with E-state index in [1.54, 1.807) is 17.5 Å². The van der Waals surface area contributed by atoms with E-state index in [4.69, 9.17) is 4.42 Å². The number of amides is 3.